The number of ether oxygens (including phenoxy) is 1. The molecule has 0 unspecified atom stereocenters. The lowest BCUT2D eigenvalue weighted by atomic mass is 10.1. The minimum Gasteiger partial charge on any atom is -0.497 e. The maximum absolute atomic E-state index is 13.0. The molecule has 0 radical (unpaired) electrons. The number of imidazole rings is 1. The topological polar surface area (TPSA) is 133 Å². The number of aromatic nitrogens is 4. The fraction of sp³-hybridized carbons (Fsp3) is 0.208. The molecule has 2 aromatic carbocycles. The Labute approximate surface area is 199 Å². The van der Waals surface area contributed by atoms with E-state index in [9.17, 15) is 19.5 Å². The van der Waals surface area contributed by atoms with Gasteiger partial charge in [-0.1, -0.05) is 30.3 Å². The van der Waals surface area contributed by atoms with Gasteiger partial charge in [-0.2, -0.15) is 10.1 Å². The number of anilines is 1. The summed E-state index contributed by atoms with van der Waals surface area (Å²) in [7, 11) is 4.43. The Kier molecular flexibility index (Phi) is 6.49. The Morgan fingerprint density at radius 2 is 1.74 bits per heavy atom. The highest BCUT2D eigenvalue weighted by Gasteiger charge is 2.20. The van der Waals surface area contributed by atoms with E-state index in [-0.39, 0.29) is 22.8 Å². The standard InChI is InChI=1S/C24H24N6O5/c1-28-20-19(21(31)29(2)24(28)34)30(14-13-15-7-5-4-6-8-15)23(25-20)27-26-18(22(32)33)16-9-11-17(35-3)12-10-16/h4-12H,13-14H2,1-3H3,(H,25,27)(H,32,33). The van der Waals surface area contributed by atoms with E-state index in [2.05, 4.69) is 15.5 Å². The third-order valence-corrected chi connectivity index (χ3v) is 5.65. The summed E-state index contributed by atoms with van der Waals surface area (Å²) >= 11 is 0. The van der Waals surface area contributed by atoms with Crippen LogP contribution in [0.2, 0.25) is 0 Å². The zero-order valence-corrected chi connectivity index (χ0v) is 19.4. The van der Waals surface area contributed by atoms with E-state index in [1.165, 1.54) is 25.8 Å². The number of rotatable bonds is 8. The summed E-state index contributed by atoms with van der Waals surface area (Å²) in [5.74, 6) is -0.537. The van der Waals surface area contributed by atoms with Crippen molar-refractivity contribution >= 4 is 28.8 Å². The number of nitrogens with one attached hydrogen (secondary N) is 1. The van der Waals surface area contributed by atoms with Crippen LogP contribution < -0.4 is 21.4 Å². The average molecular weight is 476 g/mol. The lowest BCUT2D eigenvalue weighted by molar-refractivity contribution is -0.129. The molecule has 0 aliphatic rings. The number of aliphatic carboxylic acids is 1. The number of carbonyl (C=O) groups is 1. The highest BCUT2D eigenvalue weighted by atomic mass is 16.5. The third-order valence-electron chi connectivity index (χ3n) is 5.65. The zero-order valence-electron chi connectivity index (χ0n) is 19.4. The van der Waals surface area contributed by atoms with E-state index in [4.69, 9.17) is 4.74 Å². The molecule has 0 amide bonds. The summed E-state index contributed by atoms with van der Waals surface area (Å²) in [6.07, 6.45) is 0.570. The van der Waals surface area contributed by atoms with Crippen LogP contribution in [0.3, 0.4) is 0 Å². The van der Waals surface area contributed by atoms with Gasteiger partial charge in [-0.3, -0.25) is 13.9 Å². The summed E-state index contributed by atoms with van der Waals surface area (Å²) in [6.45, 7) is 0.344. The van der Waals surface area contributed by atoms with E-state index in [0.29, 0.717) is 24.3 Å². The van der Waals surface area contributed by atoms with Crippen molar-refractivity contribution in [1.82, 2.24) is 18.7 Å². The van der Waals surface area contributed by atoms with E-state index < -0.39 is 17.2 Å². The fourth-order valence-electron chi connectivity index (χ4n) is 3.73. The predicted octanol–water partition coefficient (Wildman–Crippen LogP) is 1.59. The van der Waals surface area contributed by atoms with Crippen LogP contribution in [0.5, 0.6) is 5.75 Å². The van der Waals surface area contributed by atoms with Crippen LogP contribution in [-0.4, -0.2) is 42.6 Å². The van der Waals surface area contributed by atoms with Gasteiger partial charge >= 0.3 is 11.7 Å². The smallest absolute Gasteiger partial charge is 0.356 e. The molecule has 0 fully saturated rings. The maximum atomic E-state index is 13.0. The molecular formula is C24H24N6O5. The normalized spacial score (nSPS) is 11.6. The number of carboxylic acids is 1. The average Bonchev–Trinajstić information content (AvgIpc) is 3.24. The Hall–Kier alpha value is -4.67. The lowest BCUT2D eigenvalue weighted by Crippen LogP contribution is -2.37. The summed E-state index contributed by atoms with van der Waals surface area (Å²) in [5.41, 5.74) is 3.20. The first kappa shape index (κ1) is 23.5. The number of hydrazone groups is 1. The second-order valence-corrected chi connectivity index (χ2v) is 7.81. The van der Waals surface area contributed by atoms with Crippen molar-refractivity contribution in [3.05, 3.63) is 86.6 Å². The van der Waals surface area contributed by atoms with Gasteiger partial charge < -0.3 is 14.4 Å². The van der Waals surface area contributed by atoms with Crippen molar-refractivity contribution in [2.45, 2.75) is 13.0 Å². The predicted molar refractivity (Wildman–Crippen MR) is 131 cm³/mol. The third kappa shape index (κ3) is 4.56. The van der Waals surface area contributed by atoms with Gasteiger partial charge in [0.15, 0.2) is 16.9 Å². The highest BCUT2D eigenvalue weighted by molar-refractivity contribution is 6.42. The van der Waals surface area contributed by atoms with Gasteiger partial charge in [0.25, 0.3) is 5.56 Å². The maximum Gasteiger partial charge on any atom is 0.356 e. The number of fused-ring (bicyclic) bond motifs is 1. The number of nitrogens with zero attached hydrogens (tertiary/aromatic N) is 5. The monoisotopic (exact) mass is 476 g/mol. The molecule has 0 saturated heterocycles. The molecule has 2 N–H and O–H groups in total. The van der Waals surface area contributed by atoms with Gasteiger partial charge in [0.05, 0.1) is 7.11 Å². The Morgan fingerprint density at radius 1 is 1.06 bits per heavy atom. The fourth-order valence-corrected chi connectivity index (χ4v) is 3.73. The molecule has 0 aliphatic carbocycles. The Bertz CT molecular complexity index is 1530. The van der Waals surface area contributed by atoms with Gasteiger partial charge in [-0.05, 0) is 36.2 Å². The SMILES string of the molecule is COc1ccc(C(=NNc2nc3c(c(=O)n(C)c(=O)n3C)n2CCc2ccccc2)C(=O)O)cc1. The van der Waals surface area contributed by atoms with Crippen molar-refractivity contribution in [2.24, 2.45) is 19.2 Å². The van der Waals surface area contributed by atoms with Crippen molar-refractivity contribution in [2.75, 3.05) is 12.5 Å². The first-order chi connectivity index (χ1) is 16.8. The first-order valence-corrected chi connectivity index (χ1v) is 10.7. The summed E-state index contributed by atoms with van der Waals surface area (Å²) < 4.78 is 9.01. The van der Waals surface area contributed by atoms with Gasteiger partial charge in [0.2, 0.25) is 5.95 Å². The molecule has 0 aliphatic heterocycles. The first-order valence-electron chi connectivity index (χ1n) is 10.7. The van der Waals surface area contributed by atoms with Crippen molar-refractivity contribution in [1.29, 1.82) is 0 Å². The molecule has 0 saturated carbocycles. The van der Waals surface area contributed by atoms with Crippen molar-refractivity contribution in [3.8, 4) is 5.75 Å². The molecule has 0 bridgehead atoms. The molecule has 2 aromatic heterocycles. The van der Waals surface area contributed by atoms with Crippen LogP contribution in [0.25, 0.3) is 11.2 Å². The van der Waals surface area contributed by atoms with E-state index in [0.717, 1.165) is 10.1 Å². The number of benzene rings is 2. The largest absolute Gasteiger partial charge is 0.497 e. The van der Waals surface area contributed by atoms with Gasteiger partial charge in [-0.25, -0.2) is 15.0 Å². The van der Waals surface area contributed by atoms with Crippen LogP contribution in [0, 0.1) is 0 Å². The highest BCUT2D eigenvalue weighted by Crippen LogP contribution is 2.18. The van der Waals surface area contributed by atoms with Crippen LogP contribution in [0.15, 0.2) is 69.3 Å². The van der Waals surface area contributed by atoms with Crippen molar-refractivity contribution in [3.63, 3.8) is 0 Å². The number of hydrogen-bond donors (Lipinski definition) is 2. The minimum atomic E-state index is -1.25. The van der Waals surface area contributed by atoms with Crippen LogP contribution in [0.1, 0.15) is 11.1 Å². The molecule has 4 aromatic rings. The molecule has 11 heteroatoms. The van der Waals surface area contributed by atoms with Gasteiger partial charge in [0, 0.05) is 26.2 Å². The summed E-state index contributed by atoms with van der Waals surface area (Å²) in [6, 6.07) is 16.1. The number of methoxy groups -OCH3 is 1. The van der Waals surface area contributed by atoms with Crippen LogP contribution in [0.4, 0.5) is 5.95 Å². The molecule has 11 nitrogen and oxygen atoms in total. The quantitative estimate of drug-likeness (QED) is 0.291. The molecule has 35 heavy (non-hydrogen) atoms. The van der Waals surface area contributed by atoms with E-state index >= 15 is 0 Å². The lowest BCUT2D eigenvalue weighted by Gasteiger charge is -2.10. The number of hydrogen-bond acceptors (Lipinski definition) is 7. The molecule has 180 valence electrons. The van der Waals surface area contributed by atoms with E-state index in [1.54, 1.807) is 28.8 Å². The van der Waals surface area contributed by atoms with E-state index in [1.807, 2.05) is 30.3 Å². The molecular weight excluding hydrogens is 452 g/mol. The summed E-state index contributed by atoms with van der Waals surface area (Å²) in [5, 5.41) is 13.8. The summed E-state index contributed by atoms with van der Waals surface area (Å²) in [4.78, 5) is 41.8. The van der Waals surface area contributed by atoms with Crippen LogP contribution >= 0.6 is 0 Å². The molecule has 0 spiro atoms. The second-order valence-electron chi connectivity index (χ2n) is 7.81. The van der Waals surface area contributed by atoms with Gasteiger partial charge in [0.1, 0.15) is 5.75 Å². The molecule has 0 atom stereocenters. The molecule has 4 rings (SSSR count). The van der Waals surface area contributed by atoms with Gasteiger partial charge in [-0.15, -0.1) is 0 Å². The Balaban J connectivity index is 1.81. The Morgan fingerprint density at radius 3 is 2.37 bits per heavy atom. The number of carboxylic acid groups (broad SMARTS) is 1. The van der Waals surface area contributed by atoms with Crippen molar-refractivity contribution < 1.29 is 14.6 Å². The zero-order chi connectivity index (χ0) is 25.1. The van der Waals surface area contributed by atoms with Crippen LogP contribution in [-0.2, 0) is 31.9 Å². The number of aryl methyl sites for hydroxylation is 3. The molecule has 2 heterocycles. The second kappa shape index (κ2) is 9.67. The minimum absolute atomic E-state index is 0.140.